The van der Waals surface area contributed by atoms with Crippen molar-refractivity contribution < 1.29 is 4.52 Å². The maximum Gasteiger partial charge on any atom is 0.240 e. The van der Waals surface area contributed by atoms with Crippen LogP contribution in [0.2, 0.25) is 5.02 Å². The molecule has 1 saturated heterocycles. The van der Waals surface area contributed by atoms with Gasteiger partial charge in [0.1, 0.15) is 0 Å². The molecule has 2 aromatic rings. The predicted molar refractivity (Wildman–Crippen MR) is 88.0 cm³/mol. The molecular formula is C15H20Cl2N4O. The summed E-state index contributed by atoms with van der Waals surface area (Å²) in [5.74, 6) is 1.20. The van der Waals surface area contributed by atoms with Gasteiger partial charge >= 0.3 is 0 Å². The molecule has 1 aliphatic heterocycles. The van der Waals surface area contributed by atoms with E-state index in [-0.39, 0.29) is 19.0 Å². The molecule has 1 aliphatic rings. The van der Waals surface area contributed by atoms with Gasteiger partial charge in [0.15, 0.2) is 5.82 Å². The van der Waals surface area contributed by atoms with Crippen LogP contribution in [-0.4, -0.2) is 27.6 Å². The predicted octanol–water partition coefficient (Wildman–Crippen LogP) is 2.81. The molecule has 1 aromatic carbocycles. The Bertz CT molecular complexity index is 605. The minimum Gasteiger partial charge on any atom is -0.338 e. The summed E-state index contributed by atoms with van der Waals surface area (Å²) in [4.78, 5) is 6.68. The van der Waals surface area contributed by atoms with E-state index in [0.29, 0.717) is 24.3 Å². The van der Waals surface area contributed by atoms with Gasteiger partial charge in [-0.1, -0.05) is 35.0 Å². The smallest absolute Gasteiger partial charge is 0.240 e. The first-order valence-corrected chi connectivity index (χ1v) is 7.63. The number of nitrogens with two attached hydrogens (primary N) is 1. The van der Waals surface area contributed by atoms with Crippen LogP contribution in [0.4, 0.5) is 0 Å². The molecule has 22 heavy (non-hydrogen) atoms. The minimum absolute atomic E-state index is 0. The first-order chi connectivity index (χ1) is 10.3. The van der Waals surface area contributed by atoms with Crippen LogP contribution >= 0.6 is 24.0 Å². The molecule has 0 aliphatic carbocycles. The van der Waals surface area contributed by atoms with Crippen LogP contribution < -0.4 is 5.73 Å². The first kappa shape index (κ1) is 17.2. The van der Waals surface area contributed by atoms with Gasteiger partial charge in [0.2, 0.25) is 5.89 Å². The summed E-state index contributed by atoms with van der Waals surface area (Å²) >= 11 is 6.26. The fourth-order valence-electron chi connectivity index (χ4n) is 2.87. The Balaban J connectivity index is 0.00000176. The lowest BCUT2D eigenvalue weighted by Crippen LogP contribution is -2.31. The minimum atomic E-state index is 0. The quantitative estimate of drug-likeness (QED) is 0.904. The zero-order valence-electron chi connectivity index (χ0n) is 12.2. The van der Waals surface area contributed by atoms with Gasteiger partial charge in [0.25, 0.3) is 0 Å². The fraction of sp³-hybridized carbons (Fsp3) is 0.467. The summed E-state index contributed by atoms with van der Waals surface area (Å²) in [7, 11) is 0. The van der Waals surface area contributed by atoms with Gasteiger partial charge < -0.3 is 10.3 Å². The van der Waals surface area contributed by atoms with Crippen LogP contribution in [0, 0.1) is 0 Å². The van der Waals surface area contributed by atoms with Crippen LogP contribution in [0.25, 0.3) is 0 Å². The van der Waals surface area contributed by atoms with E-state index in [1.165, 1.54) is 18.4 Å². The molecule has 0 bridgehead atoms. The Morgan fingerprint density at radius 1 is 1.36 bits per heavy atom. The molecule has 0 spiro atoms. The highest BCUT2D eigenvalue weighted by molar-refractivity contribution is 6.31. The van der Waals surface area contributed by atoms with E-state index in [1.54, 1.807) is 0 Å². The van der Waals surface area contributed by atoms with Crippen molar-refractivity contribution in [2.75, 3.05) is 6.54 Å². The van der Waals surface area contributed by atoms with Crippen LogP contribution in [-0.2, 0) is 19.5 Å². The largest absolute Gasteiger partial charge is 0.338 e. The molecule has 7 heteroatoms. The molecular weight excluding hydrogens is 323 g/mol. The van der Waals surface area contributed by atoms with Crippen LogP contribution in [0.5, 0.6) is 0 Å². The number of halogens is 2. The highest BCUT2D eigenvalue weighted by Gasteiger charge is 2.26. The second kappa shape index (κ2) is 7.92. The van der Waals surface area contributed by atoms with Crippen molar-refractivity contribution in [3.05, 3.63) is 46.6 Å². The van der Waals surface area contributed by atoms with Crippen molar-refractivity contribution in [2.45, 2.75) is 38.4 Å². The summed E-state index contributed by atoms with van der Waals surface area (Å²) < 4.78 is 5.06. The maximum atomic E-state index is 6.26. The number of hydrogen-bond donors (Lipinski definition) is 1. The number of benzene rings is 1. The van der Waals surface area contributed by atoms with Crippen molar-refractivity contribution in [2.24, 2.45) is 5.73 Å². The van der Waals surface area contributed by atoms with Crippen molar-refractivity contribution in [1.29, 1.82) is 0 Å². The number of hydrogen-bond acceptors (Lipinski definition) is 5. The van der Waals surface area contributed by atoms with Crippen molar-refractivity contribution in [1.82, 2.24) is 15.0 Å². The van der Waals surface area contributed by atoms with E-state index in [2.05, 4.69) is 21.1 Å². The first-order valence-electron chi connectivity index (χ1n) is 7.25. The lowest BCUT2D eigenvalue weighted by molar-refractivity contribution is 0.234. The fourth-order valence-corrected chi connectivity index (χ4v) is 3.08. The average Bonchev–Trinajstić information content (AvgIpc) is 3.12. The Morgan fingerprint density at radius 2 is 2.18 bits per heavy atom. The van der Waals surface area contributed by atoms with Crippen molar-refractivity contribution >= 4 is 24.0 Å². The molecule has 0 radical (unpaired) electrons. The van der Waals surface area contributed by atoms with E-state index < -0.39 is 0 Å². The third kappa shape index (κ3) is 3.98. The highest BCUT2D eigenvalue weighted by Crippen LogP contribution is 2.25. The summed E-state index contributed by atoms with van der Waals surface area (Å²) in [5.41, 5.74) is 6.69. The highest BCUT2D eigenvalue weighted by atomic mass is 35.5. The van der Waals surface area contributed by atoms with E-state index in [9.17, 15) is 0 Å². The normalized spacial score (nSPS) is 18.4. The molecule has 1 aromatic heterocycles. The standard InChI is InChI=1S/C15H19ClN4O.ClH/c16-13-6-2-1-4-11(13)8-12-5-3-7-20(12)10-14-18-15(9-17)21-19-14;/h1-2,4,6,12H,3,5,7-10,17H2;1H. The molecule has 1 fully saturated rings. The second-order valence-corrected chi connectivity index (χ2v) is 5.78. The van der Waals surface area contributed by atoms with Gasteiger partial charge in [0, 0.05) is 11.1 Å². The third-order valence-electron chi connectivity index (χ3n) is 3.94. The molecule has 1 unspecified atom stereocenters. The van der Waals surface area contributed by atoms with Gasteiger partial charge in [-0.3, -0.25) is 4.90 Å². The molecule has 1 atom stereocenters. The van der Waals surface area contributed by atoms with Crippen molar-refractivity contribution in [3.63, 3.8) is 0 Å². The van der Waals surface area contributed by atoms with E-state index in [4.69, 9.17) is 21.9 Å². The molecule has 2 heterocycles. The maximum absolute atomic E-state index is 6.26. The van der Waals surface area contributed by atoms with E-state index >= 15 is 0 Å². The Hall–Kier alpha value is -1.14. The topological polar surface area (TPSA) is 68.2 Å². The second-order valence-electron chi connectivity index (χ2n) is 5.37. The number of rotatable bonds is 5. The monoisotopic (exact) mass is 342 g/mol. The van der Waals surface area contributed by atoms with Gasteiger partial charge in [-0.25, -0.2) is 0 Å². The SMILES string of the molecule is Cl.NCc1nc(CN2CCCC2Cc2ccccc2Cl)no1. The van der Waals surface area contributed by atoms with Crippen LogP contribution in [0.3, 0.4) is 0 Å². The molecule has 3 rings (SSSR count). The molecule has 0 amide bonds. The lowest BCUT2D eigenvalue weighted by Gasteiger charge is -2.23. The number of aromatic nitrogens is 2. The Kier molecular flexibility index (Phi) is 6.20. The summed E-state index contributed by atoms with van der Waals surface area (Å²) in [6.45, 7) is 2.05. The number of likely N-dealkylation sites (tertiary alicyclic amines) is 1. The van der Waals surface area contributed by atoms with Crippen molar-refractivity contribution in [3.8, 4) is 0 Å². The lowest BCUT2D eigenvalue weighted by atomic mass is 10.0. The van der Waals surface area contributed by atoms with Crippen LogP contribution in [0.15, 0.2) is 28.8 Å². The summed E-state index contributed by atoms with van der Waals surface area (Å²) in [6, 6.07) is 8.52. The van der Waals surface area contributed by atoms with Gasteiger partial charge in [0.05, 0.1) is 13.1 Å². The van der Waals surface area contributed by atoms with E-state index in [0.717, 1.165) is 18.0 Å². The Morgan fingerprint density at radius 3 is 2.91 bits per heavy atom. The zero-order chi connectivity index (χ0) is 14.7. The van der Waals surface area contributed by atoms with Gasteiger partial charge in [-0.15, -0.1) is 12.4 Å². The molecule has 5 nitrogen and oxygen atoms in total. The average molecular weight is 343 g/mol. The molecule has 2 N–H and O–H groups in total. The summed E-state index contributed by atoms with van der Waals surface area (Å²) in [6.07, 6.45) is 3.32. The van der Waals surface area contributed by atoms with E-state index in [1.807, 2.05) is 18.2 Å². The molecule has 120 valence electrons. The summed E-state index contributed by atoms with van der Waals surface area (Å²) in [5, 5.41) is 4.82. The van der Waals surface area contributed by atoms with Gasteiger partial charge in [-0.2, -0.15) is 4.98 Å². The number of nitrogens with zero attached hydrogens (tertiary/aromatic N) is 3. The third-order valence-corrected chi connectivity index (χ3v) is 4.31. The van der Waals surface area contributed by atoms with Gasteiger partial charge in [-0.05, 0) is 37.4 Å². The van der Waals surface area contributed by atoms with Crippen LogP contribution in [0.1, 0.15) is 30.1 Å². The molecule has 0 saturated carbocycles. The zero-order valence-corrected chi connectivity index (χ0v) is 13.8. The Labute approximate surface area is 141 Å².